The van der Waals surface area contributed by atoms with E-state index in [2.05, 4.69) is 39.0 Å². The molecule has 10 heteroatoms. The van der Waals surface area contributed by atoms with Crippen LogP contribution in [0.1, 0.15) is 58.2 Å². The summed E-state index contributed by atoms with van der Waals surface area (Å²) in [7, 11) is 1.69. The summed E-state index contributed by atoms with van der Waals surface area (Å²) in [6, 6.07) is 3.59. The Bertz CT molecular complexity index is 1470. The van der Waals surface area contributed by atoms with Gasteiger partial charge in [-0.3, -0.25) is 9.59 Å². The van der Waals surface area contributed by atoms with E-state index in [-0.39, 0.29) is 23.2 Å². The van der Waals surface area contributed by atoms with E-state index in [4.69, 9.17) is 17.3 Å². The van der Waals surface area contributed by atoms with Gasteiger partial charge in [-0.15, -0.1) is 0 Å². The minimum atomic E-state index is -0.644. The first-order chi connectivity index (χ1) is 17.4. The first-order valence-corrected chi connectivity index (χ1v) is 12.3. The van der Waals surface area contributed by atoms with Gasteiger partial charge in [0.05, 0.1) is 22.3 Å². The average Bonchev–Trinajstić information content (AvgIpc) is 3.52. The molecule has 1 aliphatic carbocycles. The van der Waals surface area contributed by atoms with Crippen molar-refractivity contribution in [2.75, 3.05) is 25.5 Å². The maximum atomic E-state index is 12.4. The second kappa shape index (κ2) is 9.63. The fourth-order valence-electron chi connectivity index (χ4n) is 5.04. The molecule has 0 unspecified atom stereocenters. The average molecular weight is 504 g/mol. The highest BCUT2D eigenvalue weighted by molar-refractivity contribution is 6.32. The van der Waals surface area contributed by atoms with Crippen molar-refractivity contribution in [3.8, 4) is 11.8 Å². The lowest BCUT2D eigenvalue weighted by Crippen LogP contribution is -2.27. The van der Waals surface area contributed by atoms with Crippen molar-refractivity contribution in [1.82, 2.24) is 24.9 Å². The number of amides is 2. The predicted molar refractivity (Wildman–Crippen MR) is 138 cm³/mol. The number of nitrogens with zero attached hydrogens (tertiary/aromatic N) is 5. The number of carbonyl (C=O) groups is 2. The Morgan fingerprint density at radius 1 is 1.25 bits per heavy atom. The van der Waals surface area contributed by atoms with Gasteiger partial charge in [0.2, 0.25) is 5.91 Å². The van der Waals surface area contributed by atoms with E-state index < -0.39 is 5.91 Å². The number of nitrogens with one attached hydrogen (secondary N) is 1. The number of hydrogen-bond donors (Lipinski definition) is 2. The molecule has 0 bridgehead atoms. The standard InChI is InChI=1S/C26H26ClN7O2/c1-3-23(35)33-11-10-16(14-33)34-26(29-2)24(25(28)36)21(32-34)9-8-15-12-22-18(13-19(15)27)17-6-4-5-7-20(17)30-31-22/h3,12-13,16,29H,1,4-7,10-11,14H2,2H3,(H2,28,36)/t16-/m0/s1. The molecule has 3 N–H and O–H groups in total. The van der Waals surface area contributed by atoms with E-state index >= 15 is 0 Å². The van der Waals surface area contributed by atoms with Gasteiger partial charge >= 0.3 is 0 Å². The lowest BCUT2D eigenvalue weighted by molar-refractivity contribution is -0.125. The fourth-order valence-corrected chi connectivity index (χ4v) is 5.25. The molecule has 9 nitrogen and oxygen atoms in total. The summed E-state index contributed by atoms with van der Waals surface area (Å²) in [5.41, 5.74) is 9.71. The van der Waals surface area contributed by atoms with Crippen LogP contribution in [0.2, 0.25) is 5.02 Å². The Labute approximate surface area is 213 Å². The number of primary amides is 1. The number of fused-ring (bicyclic) bond motifs is 3. The third-order valence-corrected chi connectivity index (χ3v) is 7.15. The van der Waals surface area contributed by atoms with Gasteiger partial charge in [-0.05, 0) is 61.8 Å². The Hall–Kier alpha value is -3.90. The summed E-state index contributed by atoms with van der Waals surface area (Å²) in [5.74, 6) is 5.72. The molecule has 2 aromatic heterocycles. The summed E-state index contributed by atoms with van der Waals surface area (Å²) < 4.78 is 1.69. The van der Waals surface area contributed by atoms with Crippen LogP contribution in [0.25, 0.3) is 10.9 Å². The molecule has 184 valence electrons. The Morgan fingerprint density at radius 2 is 2.06 bits per heavy atom. The number of likely N-dealkylation sites (tertiary alicyclic amines) is 1. The summed E-state index contributed by atoms with van der Waals surface area (Å²) >= 11 is 6.62. The molecule has 2 aliphatic rings. The molecule has 1 saturated heterocycles. The quantitative estimate of drug-likeness (QED) is 0.417. The van der Waals surface area contributed by atoms with Gasteiger partial charge in [0.25, 0.3) is 5.91 Å². The maximum Gasteiger partial charge on any atom is 0.255 e. The Kier molecular flexibility index (Phi) is 6.37. The zero-order valence-electron chi connectivity index (χ0n) is 20.0. The first-order valence-electron chi connectivity index (χ1n) is 11.9. The van der Waals surface area contributed by atoms with Crippen LogP contribution >= 0.6 is 11.6 Å². The molecule has 2 amide bonds. The predicted octanol–water partition coefficient (Wildman–Crippen LogP) is 2.86. The molecule has 3 heterocycles. The zero-order valence-corrected chi connectivity index (χ0v) is 20.7. The van der Waals surface area contributed by atoms with Crippen molar-refractivity contribution in [2.24, 2.45) is 5.73 Å². The summed E-state index contributed by atoms with van der Waals surface area (Å²) in [6.07, 6.45) is 6.12. The van der Waals surface area contributed by atoms with Gasteiger partial charge in [-0.2, -0.15) is 15.3 Å². The number of halogens is 1. The van der Waals surface area contributed by atoms with Crippen molar-refractivity contribution in [2.45, 2.75) is 38.1 Å². The number of carbonyl (C=O) groups excluding carboxylic acids is 2. The topological polar surface area (TPSA) is 119 Å². The van der Waals surface area contributed by atoms with Gasteiger partial charge in [-0.1, -0.05) is 24.1 Å². The summed E-state index contributed by atoms with van der Waals surface area (Å²) in [6.45, 7) is 4.58. The van der Waals surface area contributed by atoms with E-state index in [9.17, 15) is 9.59 Å². The van der Waals surface area contributed by atoms with Crippen molar-refractivity contribution in [1.29, 1.82) is 0 Å². The van der Waals surface area contributed by atoms with Gasteiger partial charge in [-0.25, -0.2) is 4.68 Å². The molecule has 1 fully saturated rings. The number of nitrogens with two attached hydrogens (primary N) is 1. The number of hydrogen-bond acceptors (Lipinski definition) is 6. The van der Waals surface area contributed by atoms with E-state index in [0.29, 0.717) is 35.9 Å². The maximum absolute atomic E-state index is 12.4. The molecule has 0 saturated carbocycles. The van der Waals surface area contributed by atoms with E-state index in [1.807, 2.05) is 12.1 Å². The van der Waals surface area contributed by atoms with Crippen molar-refractivity contribution < 1.29 is 9.59 Å². The summed E-state index contributed by atoms with van der Waals surface area (Å²) in [4.78, 5) is 26.1. The highest BCUT2D eigenvalue weighted by atomic mass is 35.5. The van der Waals surface area contributed by atoms with Crippen molar-refractivity contribution in [3.63, 3.8) is 0 Å². The first kappa shape index (κ1) is 23.8. The molecule has 5 rings (SSSR count). The molecular weight excluding hydrogens is 478 g/mol. The molecular formula is C26H26ClN7O2. The van der Waals surface area contributed by atoms with Gasteiger partial charge in [0.1, 0.15) is 11.4 Å². The van der Waals surface area contributed by atoms with Gasteiger partial charge in [0.15, 0.2) is 5.69 Å². The fraction of sp³-hybridized carbons (Fsp3) is 0.346. The number of rotatable bonds is 4. The highest BCUT2D eigenvalue weighted by Crippen LogP contribution is 2.31. The zero-order chi connectivity index (χ0) is 25.4. The van der Waals surface area contributed by atoms with E-state index in [0.717, 1.165) is 42.3 Å². The van der Waals surface area contributed by atoms with Crippen molar-refractivity contribution >= 4 is 40.1 Å². The van der Waals surface area contributed by atoms with Gasteiger partial charge in [0, 0.05) is 31.1 Å². The van der Waals surface area contributed by atoms with Gasteiger partial charge < -0.3 is 16.0 Å². The third kappa shape index (κ3) is 4.18. The van der Waals surface area contributed by atoms with Crippen LogP contribution in [0.3, 0.4) is 0 Å². The molecule has 3 aromatic rings. The number of aryl methyl sites for hydroxylation is 2. The SMILES string of the molecule is C=CC(=O)N1CC[C@H](n2nc(C#Cc3cc4nnc5c(c4cc3Cl)CCCC5)c(C(N)=O)c2NC)C1. The minimum absolute atomic E-state index is 0.129. The third-order valence-electron chi connectivity index (χ3n) is 6.83. The highest BCUT2D eigenvalue weighted by Gasteiger charge is 2.31. The molecule has 0 radical (unpaired) electrons. The van der Waals surface area contributed by atoms with Crippen LogP contribution in [0.15, 0.2) is 24.8 Å². The van der Waals surface area contributed by atoms with Crippen LogP contribution in [-0.2, 0) is 17.6 Å². The molecule has 1 aliphatic heterocycles. The van der Waals surface area contributed by atoms with Crippen molar-refractivity contribution in [3.05, 3.63) is 57.9 Å². The van der Waals surface area contributed by atoms with Crippen LogP contribution < -0.4 is 11.1 Å². The largest absolute Gasteiger partial charge is 0.373 e. The molecule has 0 spiro atoms. The lowest BCUT2D eigenvalue weighted by atomic mass is 9.93. The Morgan fingerprint density at radius 3 is 2.81 bits per heavy atom. The van der Waals surface area contributed by atoms with Crippen LogP contribution in [0.4, 0.5) is 5.82 Å². The number of anilines is 1. The number of aromatic nitrogens is 4. The van der Waals surface area contributed by atoms with E-state index in [1.165, 1.54) is 11.6 Å². The Balaban J connectivity index is 1.53. The summed E-state index contributed by atoms with van der Waals surface area (Å²) in [5, 5.41) is 17.9. The second-order valence-corrected chi connectivity index (χ2v) is 9.40. The van der Waals surface area contributed by atoms with Crippen LogP contribution in [0.5, 0.6) is 0 Å². The molecule has 1 atom stereocenters. The number of benzene rings is 1. The second-order valence-electron chi connectivity index (χ2n) is 8.99. The van der Waals surface area contributed by atoms with Crippen LogP contribution in [0, 0.1) is 11.8 Å². The monoisotopic (exact) mass is 503 g/mol. The smallest absolute Gasteiger partial charge is 0.255 e. The van der Waals surface area contributed by atoms with Crippen LogP contribution in [-0.4, -0.2) is 56.8 Å². The lowest BCUT2D eigenvalue weighted by Gasteiger charge is -2.16. The molecule has 1 aromatic carbocycles. The normalized spacial score (nSPS) is 16.8. The van der Waals surface area contributed by atoms with E-state index in [1.54, 1.807) is 16.6 Å². The molecule has 36 heavy (non-hydrogen) atoms. The minimum Gasteiger partial charge on any atom is -0.373 e.